The van der Waals surface area contributed by atoms with Gasteiger partial charge in [0.25, 0.3) is 5.91 Å². The van der Waals surface area contributed by atoms with Gasteiger partial charge in [0.15, 0.2) is 0 Å². The summed E-state index contributed by atoms with van der Waals surface area (Å²) >= 11 is 0. The maximum Gasteiger partial charge on any atom is 0.407 e. The summed E-state index contributed by atoms with van der Waals surface area (Å²) in [6, 6.07) is 28.7. The summed E-state index contributed by atoms with van der Waals surface area (Å²) in [5.41, 5.74) is 6.70. The molecule has 4 N–H and O–H groups in total. The molecule has 2 saturated heterocycles. The fraction of sp³-hybridized carbons (Fsp3) is 0.373. The SMILES string of the molecule is COC(=O)NC(C(=O)N1CC2(CC2)C[C@H]1c1ncc(-c2ccc3cc(-c4ccc(-c5cnc([C@@H]6C7CCC(C7)N6C(=O)[C@@H](NC(=O)OC)C(C)C)[nH]5)cc4)ccc3c2)[nH]1)c1ccccc1. The van der Waals surface area contributed by atoms with E-state index in [0.29, 0.717) is 18.0 Å². The Morgan fingerprint density at radius 1 is 0.723 bits per heavy atom. The number of fused-ring (bicyclic) bond motifs is 3. The first-order valence-electron chi connectivity index (χ1n) is 22.6. The normalized spacial score (nSPS) is 21.4. The number of methoxy groups -OCH3 is 2. The van der Waals surface area contributed by atoms with Crippen molar-refractivity contribution in [3.8, 4) is 33.6 Å². The van der Waals surface area contributed by atoms with Crippen molar-refractivity contribution >= 4 is 34.8 Å². The van der Waals surface area contributed by atoms with E-state index in [0.717, 1.165) is 94.6 Å². The average Bonchev–Trinajstić information content (AvgIpc) is 3.97. The molecule has 2 bridgehead atoms. The summed E-state index contributed by atoms with van der Waals surface area (Å²) < 4.78 is 9.73. The number of aromatic amines is 2. The molecule has 14 nitrogen and oxygen atoms in total. The number of rotatable bonds is 11. The van der Waals surface area contributed by atoms with E-state index in [4.69, 9.17) is 19.4 Å². The molecule has 65 heavy (non-hydrogen) atoms. The van der Waals surface area contributed by atoms with Crippen molar-refractivity contribution < 1.29 is 28.7 Å². The van der Waals surface area contributed by atoms with Crippen molar-refractivity contribution in [1.82, 2.24) is 40.4 Å². The van der Waals surface area contributed by atoms with Gasteiger partial charge in [0, 0.05) is 18.2 Å². The van der Waals surface area contributed by atoms with Gasteiger partial charge in [0.05, 0.1) is 50.1 Å². The zero-order valence-corrected chi connectivity index (χ0v) is 37.0. The number of carbonyl (C=O) groups excluding carboxylic acids is 4. The van der Waals surface area contributed by atoms with E-state index in [2.05, 4.69) is 81.3 Å². The van der Waals surface area contributed by atoms with Gasteiger partial charge in [-0.3, -0.25) is 9.59 Å². The molecule has 2 aliphatic heterocycles. The Hall–Kier alpha value is -6.96. The first-order valence-corrected chi connectivity index (χ1v) is 22.6. The molecular weight excluding hydrogens is 821 g/mol. The number of aromatic nitrogens is 4. The van der Waals surface area contributed by atoms with E-state index in [1.165, 1.54) is 14.2 Å². The molecule has 4 amide bonds. The number of nitrogens with one attached hydrogen (secondary N) is 4. The van der Waals surface area contributed by atoms with E-state index in [9.17, 15) is 19.2 Å². The first kappa shape index (κ1) is 42.0. The van der Waals surface area contributed by atoms with Crippen molar-refractivity contribution in [2.45, 2.75) is 82.6 Å². The van der Waals surface area contributed by atoms with Crippen molar-refractivity contribution in [3.05, 3.63) is 121 Å². The number of nitrogens with zero attached hydrogens (tertiary/aromatic N) is 4. The van der Waals surface area contributed by atoms with Crippen LogP contribution >= 0.6 is 0 Å². The molecule has 4 aromatic carbocycles. The predicted molar refractivity (Wildman–Crippen MR) is 245 cm³/mol. The monoisotopic (exact) mass is 874 g/mol. The molecule has 0 radical (unpaired) electrons. The van der Waals surface area contributed by atoms with Crippen LogP contribution < -0.4 is 10.6 Å². The topological polar surface area (TPSA) is 175 Å². The van der Waals surface area contributed by atoms with Gasteiger partial charge < -0.3 is 39.9 Å². The summed E-state index contributed by atoms with van der Waals surface area (Å²) in [6.45, 7) is 4.48. The lowest BCUT2D eigenvalue weighted by molar-refractivity contribution is -0.139. The molecular formula is C51H54N8O6. The third kappa shape index (κ3) is 7.99. The summed E-state index contributed by atoms with van der Waals surface area (Å²) in [6.07, 6.45) is 8.29. The van der Waals surface area contributed by atoms with Crippen molar-refractivity contribution in [3.63, 3.8) is 0 Å². The molecule has 4 fully saturated rings. The highest BCUT2D eigenvalue weighted by Gasteiger charge is 2.55. The number of amides is 4. The van der Waals surface area contributed by atoms with E-state index in [1.807, 2.05) is 66.4 Å². The molecule has 14 heteroatoms. The van der Waals surface area contributed by atoms with Crippen LogP contribution in [0, 0.1) is 17.3 Å². The lowest BCUT2D eigenvalue weighted by Gasteiger charge is -2.37. The minimum absolute atomic E-state index is 0.0780. The second-order valence-corrected chi connectivity index (χ2v) is 18.7. The first-order chi connectivity index (χ1) is 31.5. The second-order valence-electron chi connectivity index (χ2n) is 18.7. The second kappa shape index (κ2) is 16.9. The quantitative estimate of drug-likeness (QED) is 0.0999. The molecule has 4 heterocycles. The van der Waals surface area contributed by atoms with Gasteiger partial charge in [-0.1, -0.05) is 92.7 Å². The van der Waals surface area contributed by atoms with Crippen LogP contribution in [0.3, 0.4) is 0 Å². The Kier molecular flexibility index (Phi) is 10.9. The van der Waals surface area contributed by atoms with Gasteiger partial charge in [-0.2, -0.15) is 0 Å². The van der Waals surface area contributed by atoms with Crippen LogP contribution in [0.1, 0.15) is 87.7 Å². The van der Waals surface area contributed by atoms with E-state index in [-0.39, 0.29) is 41.3 Å². The molecule has 1 spiro atoms. The zero-order valence-electron chi connectivity index (χ0n) is 37.0. The average molecular weight is 875 g/mol. The predicted octanol–water partition coefficient (Wildman–Crippen LogP) is 8.87. The molecule has 10 rings (SSSR count). The Morgan fingerprint density at radius 2 is 1.34 bits per heavy atom. The molecule has 4 aliphatic rings. The third-order valence-corrected chi connectivity index (χ3v) is 14.3. The number of imidazole rings is 2. The van der Waals surface area contributed by atoms with Gasteiger partial charge in [0.1, 0.15) is 23.7 Å². The van der Waals surface area contributed by atoms with Crippen LogP contribution in [-0.4, -0.2) is 86.6 Å². The van der Waals surface area contributed by atoms with Crippen LogP contribution in [0.4, 0.5) is 9.59 Å². The standard InChI is InChI=1S/C51H54N8O6/c1-29(2)42(56-49(62)64-3)48(61)59-38-19-18-37(24-38)44(59)46-53-26-39(55-46)31-12-10-30(11-13-31)33-14-15-35-23-36(17-16-34(35)22-33)40-27-52-45(54-40)41-25-51(20-21-51)28-58(41)47(60)43(57-50(63)65-4)32-8-6-5-7-9-32/h5-17,22-23,26-27,29,37-38,41-44H,18-21,24-25,28H2,1-4H3,(H,52,54)(H,53,55)(H,56,62)(H,57,63)/t37?,38?,41-,42-,43?,44-/m0/s1. The number of ether oxygens (including phenoxy) is 2. The van der Waals surface area contributed by atoms with Crippen molar-refractivity contribution in [2.75, 3.05) is 20.8 Å². The van der Waals surface area contributed by atoms with Crippen molar-refractivity contribution in [2.24, 2.45) is 17.3 Å². The maximum atomic E-state index is 14.3. The molecule has 3 unspecified atom stereocenters. The minimum Gasteiger partial charge on any atom is -0.453 e. The van der Waals surface area contributed by atoms with Crippen LogP contribution in [-0.2, 0) is 19.1 Å². The van der Waals surface area contributed by atoms with Gasteiger partial charge in [0.2, 0.25) is 5.91 Å². The van der Waals surface area contributed by atoms with Gasteiger partial charge in [-0.15, -0.1) is 0 Å². The summed E-state index contributed by atoms with van der Waals surface area (Å²) in [7, 11) is 2.61. The van der Waals surface area contributed by atoms with Gasteiger partial charge in [-0.25, -0.2) is 19.6 Å². The Bertz CT molecular complexity index is 2760. The number of H-pyrrole nitrogens is 2. The van der Waals surface area contributed by atoms with Crippen LogP contribution in [0.25, 0.3) is 44.4 Å². The lowest BCUT2D eigenvalue weighted by Crippen LogP contribution is -2.54. The molecule has 334 valence electrons. The number of likely N-dealkylation sites (tertiary alicyclic amines) is 2. The smallest absolute Gasteiger partial charge is 0.407 e. The van der Waals surface area contributed by atoms with Crippen molar-refractivity contribution in [1.29, 1.82) is 0 Å². The number of hydrogen-bond donors (Lipinski definition) is 4. The van der Waals surface area contributed by atoms with Gasteiger partial charge >= 0.3 is 12.2 Å². The highest BCUT2D eigenvalue weighted by molar-refractivity contribution is 5.91. The molecule has 2 aromatic heterocycles. The number of hydrogen-bond acceptors (Lipinski definition) is 8. The minimum atomic E-state index is -0.881. The lowest BCUT2D eigenvalue weighted by atomic mass is 9.95. The fourth-order valence-corrected chi connectivity index (χ4v) is 10.6. The number of benzene rings is 4. The van der Waals surface area contributed by atoms with Gasteiger partial charge in [-0.05, 0) is 101 Å². The summed E-state index contributed by atoms with van der Waals surface area (Å²) in [4.78, 5) is 73.4. The largest absolute Gasteiger partial charge is 0.453 e. The number of piperidine rings is 1. The van der Waals surface area contributed by atoms with Crippen LogP contribution in [0.2, 0.25) is 0 Å². The third-order valence-electron chi connectivity index (χ3n) is 14.3. The highest BCUT2D eigenvalue weighted by Crippen LogP contribution is 2.58. The molecule has 6 atom stereocenters. The summed E-state index contributed by atoms with van der Waals surface area (Å²) in [5, 5.41) is 7.73. The van der Waals surface area contributed by atoms with E-state index >= 15 is 0 Å². The van der Waals surface area contributed by atoms with Crippen LogP contribution in [0.5, 0.6) is 0 Å². The van der Waals surface area contributed by atoms with E-state index in [1.54, 1.807) is 0 Å². The number of carbonyl (C=O) groups is 4. The Labute approximate surface area is 377 Å². The molecule has 6 aromatic rings. The Morgan fingerprint density at radius 3 is 2.03 bits per heavy atom. The fourth-order valence-electron chi connectivity index (χ4n) is 10.6. The van der Waals surface area contributed by atoms with Crippen LogP contribution in [0.15, 0.2) is 103 Å². The summed E-state index contributed by atoms with van der Waals surface area (Å²) in [5.74, 6) is 1.44. The zero-order chi connectivity index (χ0) is 45.0. The molecule has 2 saturated carbocycles. The Balaban J connectivity index is 0.839. The highest BCUT2D eigenvalue weighted by atomic mass is 16.5. The number of alkyl carbamates (subject to hydrolysis) is 2. The molecule has 2 aliphatic carbocycles. The maximum absolute atomic E-state index is 14.3. The van der Waals surface area contributed by atoms with E-state index < -0.39 is 24.3 Å².